The fraction of sp³-hybridized carbons (Fsp3) is 0.250. The Morgan fingerprint density at radius 1 is 1.50 bits per heavy atom. The Balaban J connectivity index is 3.00. The van der Waals surface area contributed by atoms with Gasteiger partial charge in [0.2, 0.25) is 0 Å². The van der Waals surface area contributed by atoms with Crippen LogP contribution in [0.3, 0.4) is 0 Å². The van der Waals surface area contributed by atoms with Crippen LogP contribution in [0.4, 0.5) is 11.4 Å². The van der Waals surface area contributed by atoms with Gasteiger partial charge < -0.3 is 5.32 Å². The first-order valence-corrected chi connectivity index (χ1v) is 3.73. The third-order valence-corrected chi connectivity index (χ3v) is 1.47. The second-order valence-electron chi connectivity index (χ2n) is 2.30. The molecule has 0 amide bonds. The third kappa shape index (κ3) is 1.72. The van der Waals surface area contributed by atoms with Crippen molar-refractivity contribution in [1.29, 1.82) is 0 Å². The topological polar surface area (TPSA) is 55.2 Å². The van der Waals surface area contributed by atoms with E-state index in [0.29, 0.717) is 12.2 Å². The number of rotatable bonds is 3. The highest BCUT2D eigenvalue weighted by molar-refractivity contribution is 5.60. The van der Waals surface area contributed by atoms with E-state index in [1.54, 1.807) is 18.2 Å². The normalized spacial score (nSPS) is 9.42. The number of hydrogen-bond donors (Lipinski definition) is 1. The van der Waals surface area contributed by atoms with Crippen LogP contribution in [0.25, 0.3) is 0 Å². The molecule has 64 valence electrons. The fourth-order valence-corrected chi connectivity index (χ4v) is 0.973. The third-order valence-electron chi connectivity index (χ3n) is 1.47. The molecule has 1 N–H and O–H groups in total. The van der Waals surface area contributed by atoms with Crippen LogP contribution in [0.1, 0.15) is 6.92 Å². The number of hydrogen-bond acceptors (Lipinski definition) is 3. The zero-order valence-electron chi connectivity index (χ0n) is 6.78. The molecule has 0 aromatic heterocycles. The Hall–Kier alpha value is -1.58. The number of nitro benzene ring substituents is 1. The maximum absolute atomic E-state index is 10.5. The van der Waals surface area contributed by atoms with Crippen molar-refractivity contribution in [3.63, 3.8) is 0 Å². The second kappa shape index (κ2) is 3.71. The number of anilines is 1. The van der Waals surface area contributed by atoms with Gasteiger partial charge in [0.25, 0.3) is 5.69 Å². The monoisotopic (exact) mass is 166 g/mol. The molecule has 12 heavy (non-hydrogen) atoms. The molecule has 0 aliphatic heterocycles. The minimum Gasteiger partial charge on any atom is -0.380 e. The van der Waals surface area contributed by atoms with Gasteiger partial charge in [-0.15, -0.1) is 0 Å². The summed E-state index contributed by atoms with van der Waals surface area (Å²) >= 11 is 0. The average molecular weight is 166 g/mol. The first-order valence-electron chi connectivity index (χ1n) is 3.73. The molecule has 0 saturated carbocycles. The largest absolute Gasteiger partial charge is 0.380 e. The maximum atomic E-state index is 10.5. The molecule has 0 spiro atoms. The Morgan fingerprint density at radius 2 is 2.17 bits per heavy atom. The molecular formula is C8H10N2O2. The minimum absolute atomic E-state index is 0.124. The van der Waals surface area contributed by atoms with E-state index in [2.05, 4.69) is 5.32 Å². The number of nitro groups is 1. The van der Waals surface area contributed by atoms with E-state index in [9.17, 15) is 10.1 Å². The van der Waals surface area contributed by atoms with E-state index in [4.69, 9.17) is 0 Å². The standard InChI is InChI=1S/C8H10N2O2/c1-2-9-7-5-3-4-6-8(7)10(11)12/h3-6,9H,2H2,1H3. The van der Waals surface area contributed by atoms with Gasteiger partial charge in [-0.05, 0) is 13.0 Å². The zero-order valence-corrected chi connectivity index (χ0v) is 6.78. The molecule has 0 saturated heterocycles. The molecule has 4 nitrogen and oxygen atoms in total. The van der Waals surface area contributed by atoms with Crippen LogP contribution in [-0.4, -0.2) is 11.5 Å². The summed E-state index contributed by atoms with van der Waals surface area (Å²) in [5.74, 6) is 0. The Bertz CT molecular complexity index is 286. The van der Waals surface area contributed by atoms with E-state index < -0.39 is 4.92 Å². The molecule has 1 aromatic carbocycles. The van der Waals surface area contributed by atoms with Crippen molar-refractivity contribution >= 4 is 11.4 Å². The van der Waals surface area contributed by atoms with Crippen molar-refractivity contribution < 1.29 is 4.92 Å². The second-order valence-corrected chi connectivity index (χ2v) is 2.30. The van der Waals surface area contributed by atoms with Crippen molar-refractivity contribution in [3.05, 3.63) is 34.4 Å². The van der Waals surface area contributed by atoms with Crippen LogP contribution in [0.2, 0.25) is 0 Å². The molecule has 0 unspecified atom stereocenters. The lowest BCUT2D eigenvalue weighted by atomic mass is 10.3. The van der Waals surface area contributed by atoms with Gasteiger partial charge in [0.15, 0.2) is 0 Å². The Labute approximate surface area is 70.4 Å². The Kier molecular flexibility index (Phi) is 2.63. The van der Waals surface area contributed by atoms with Gasteiger partial charge in [0, 0.05) is 12.6 Å². The van der Waals surface area contributed by atoms with Gasteiger partial charge in [-0.2, -0.15) is 0 Å². The molecule has 0 heterocycles. The van der Waals surface area contributed by atoms with Crippen molar-refractivity contribution in [2.45, 2.75) is 6.92 Å². The van der Waals surface area contributed by atoms with Crippen LogP contribution in [0.15, 0.2) is 24.3 Å². The summed E-state index contributed by atoms with van der Waals surface area (Å²) in [4.78, 5) is 10.1. The van der Waals surface area contributed by atoms with Crippen LogP contribution in [0, 0.1) is 10.1 Å². The predicted molar refractivity (Wildman–Crippen MR) is 47.3 cm³/mol. The predicted octanol–water partition coefficient (Wildman–Crippen LogP) is 2.03. The van der Waals surface area contributed by atoms with Gasteiger partial charge in [-0.1, -0.05) is 12.1 Å². The minimum atomic E-state index is -0.391. The van der Waals surface area contributed by atoms with Crippen molar-refractivity contribution in [2.24, 2.45) is 0 Å². The van der Waals surface area contributed by atoms with Crippen LogP contribution in [-0.2, 0) is 0 Å². The highest BCUT2D eigenvalue weighted by Gasteiger charge is 2.09. The van der Waals surface area contributed by atoms with Crippen LogP contribution >= 0.6 is 0 Å². The van der Waals surface area contributed by atoms with Gasteiger partial charge in [0.05, 0.1) is 4.92 Å². The Morgan fingerprint density at radius 3 is 2.75 bits per heavy atom. The van der Waals surface area contributed by atoms with E-state index in [1.165, 1.54) is 6.07 Å². The lowest BCUT2D eigenvalue weighted by Crippen LogP contribution is -2.00. The molecule has 1 aromatic rings. The number of benzene rings is 1. The first kappa shape index (κ1) is 8.52. The molecule has 0 fully saturated rings. The van der Waals surface area contributed by atoms with Crippen LogP contribution < -0.4 is 5.32 Å². The number of para-hydroxylation sites is 2. The zero-order chi connectivity index (χ0) is 8.97. The summed E-state index contributed by atoms with van der Waals surface area (Å²) in [6.45, 7) is 2.58. The van der Waals surface area contributed by atoms with Gasteiger partial charge in [0.1, 0.15) is 5.69 Å². The summed E-state index contributed by atoms with van der Waals surface area (Å²) < 4.78 is 0. The molecule has 1 rings (SSSR count). The molecule has 0 aliphatic carbocycles. The highest BCUT2D eigenvalue weighted by Crippen LogP contribution is 2.22. The van der Waals surface area contributed by atoms with E-state index in [1.807, 2.05) is 6.92 Å². The molecular weight excluding hydrogens is 156 g/mol. The van der Waals surface area contributed by atoms with Gasteiger partial charge in [-0.3, -0.25) is 10.1 Å². The van der Waals surface area contributed by atoms with Crippen molar-refractivity contribution in [1.82, 2.24) is 0 Å². The van der Waals surface area contributed by atoms with Crippen LogP contribution in [0.5, 0.6) is 0 Å². The first-order chi connectivity index (χ1) is 5.75. The quantitative estimate of drug-likeness (QED) is 0.552. The van der Waals surface area contributed by atoms with E-state index >= 15 is 0 Å². The van der Waals surface area contributed by atoms with Gasteiger partial charge in [-0.25, -0.2) is 0 Å². The van der Waals surface area contributed by atoms with Gasteiger partial charge >= 0.3 is 0 Å². The summed E-state index contributed by atoms with van der Waals surface area (Å²) in [7, 11) is 0. The maximum Gasteiger partial charge on any atom is 0.292 e. The summed E-state index contributed by atoms with van der Waals surface area (Å²) in [5.41, 5.74) is 0.698. The molecule has 0 radical (unpaired) electrons. The van der Waals surface area contributed by atoms with E-state index in [0.717, 1.165) is 0 Å². The lowest BCUT2D eigenvalue weighted by molar-refractivity contribution is -0.384. The summed E-state index contributed by atoms with van der Waals surface area (Å²) in [6, 6.07) is 6.60. The summed E-state index contributed by atoms with van der Waals surface area (Å²) in [6.07, 6.45) is 0. The van der Waals surface area contributed by atoms with Crippen molar-refractivity contribution in [2.75, 3.05) is 11.9 Å². The SMILES string of the molecule is CCNc1ccccc1[N+](=O)[O-]. The highest BCUT2D eigenvalue weighted by atomic mass is 16.6. The molecule has 0 bridgehead atoms. The smallest absolute Gasteiger partial charge is 0.292 e. The number of nitrogens with zero attached hydrogens (tertiary/aromatic N) is 1. The number of nitrogens with one attached hydrogen (secondary N) is 1. The molecule has 0 atom stereocenters. The van der Waals surface area contributed by atoms with E-state index in [-0.39, 0.29) is 5.69 Å². The summed E-state index contributed by atoms with van der Waals surface area (Å²) in [5, 5.41) is 13.4. The average Bonchev–Trinajstić information content (AvgIpc) is 2.05. The lowest BCUT2D eigenvalue weighted by Gasteiger charge is -2.02. The molecule has 0 aliphatic rings. The molecule has 4 heteroatoms. The fourth-order valence-electron chi connectivity index (χ4n) is 0.973. The van der Waals surface area contributed by atoms with Crippen molar-refractivity contribution in [3.8, 4) is 0 Å².